The number of halogens is 1. The van der Waals surface area contributed by atoms with E-state index in [9.17, 15) is 14.0 Å². The van der Waals surface area contributed by atoms with Crippen molar-refractivity contribution >= 4 is 16.8 Å². The van der Waals surface area contributed by atoms with Gasteiger partial charge in [0.15, 0.2) is 0 Å². The van der Waals surface area contributed by atoms with Crippen LogP contribution in [-0.4, -0.2) is 27.4 Å². The van der Waals surface area contributed by atoms with E-state index in [1.54, 1.807) is 48.0 Å². The van der Waals surface area contributed by atoms with Gasteiger partial charge in [0.2, 0.25) is 0 Å². The molecule has 2 aromatic carbocycles. The highest BCUT2D eigenvalue weighted by atomic mass is 19.1. The first-order valence-corrected chi connectivity index (χ1v) is 9.57. The molecule has 1 amide bonds. The predicted octanol–water partition coefficient (Wildman–Crippen LogP) is 3.53. The molecule has 0 fully saturated rings. The van der Waals surface area contributed by atoms with Crippen LogP contribution in [0.5, 0.6) is 0 Å². The number of amides is 1. The third kappa shape index (κ3) is 3.42. The van der Waals surface area contributed by atoms with Crippen molar-refractivity contribution in [1.82, 2.24) is 14.5 Å². The van der Waals surface area contributed by atoms with Gasteiger partial charge in [0.1, 0.15) is 11.6 Å². The molecule has 0 unspecified atom stereocenters. The van der Waals surface area contributed by atoms with E-state index in [-0.39, 0.29) is 23.8 Å². The van der Waals surface area contributed by atoms with E-state index in [1.807, 2.05) is 0 Å². The zero-order valence-electron chi connectivity index (χ0n) is 15.8. The van der Waals surface area contributed by atoms with Gasteiger partial charge in [-0.05, 0) is 37.1 Å². The summed E-state index contributed by atoms with van der Waals surface area (Å²) >= 11 is 0. The molecule has 0 N–H and O–H groups in total. The summed E-state index contributed by atoms with van der Waals surface area (Å²) in [5.41, 5.74) is 1.40. The van der Waals surface area contributed by atoms with Crippen LogP contribution in [0.2, 0.25) is 0 Å². The summed E-state index contributed by atoms with van der Waals surface area (Å²) < 4.78 is 15.6. The molecule has 1 aliphatic rings. The van der Waals surface area contributed by atoms with Crippen LogP contribution in [0.4, 0.5) is 4.39 Å². The smallest absolute Gasteiger partial charge is 0.261 e. The van der Waals surface area contributed by atoms with Crippen LogP contribution in [0, 0.1) is 5.82 Å². The van der Waals surface area contributed by atoms with Gasteiger partial charge in [0.25, 0.3) is 11.5 Å². The molecule has 2 heterocycles. The lowest BCUT2D eigenvalue weighted by Crippen LogP contribution is -2.27. The van der Waals surface area contributed by atoms with Gasteiger partial charge in [-0.25, -0.2) is 9.37 Å². The van der Waals surface area contributed by atoms with Crippen LogP contribution >= 0.6 is 0 Å². The number of aryl methyl sites for hydroxylation is 1. The summed E-state index contributed by atoms with van der Waals surface area (Å²) in [6.45, 7) is 0.868. The lowest BCUT2D eigenvalue weighted by Gasteiger charge is -2.18. The minimum Gasteiger partial charge on any atom is -0.337 e. The standard InChI is InChI=1S/C22H22FN3O2/c1-25(14-16-7-4-5-8-18(16)23)21(27)15-10-11-17-19(13-15)24-20-9-3-2-6-12-26(20)22(17)28/h4-5,7-8,10-11,13H,2-3,6,9,12,14H2,1H3. The van der Waals surface area contributed by atoms with Gasteiger partial charge in [-0.3, -0.25) is 14.2 Å². The summed E-state index contributed by atoms with van der Waals surface area (Å²) in [6, 6.07) is 11.4. The van der Waals surface area contributed by atoms with E-state index in [0.29, 0.717) is 28.6 Å². The molecule has 0 radical (unpaired) electrons. The van der Waals surface area contributed by atoms with Crippen molar-refractivity contribution in [3.05, 3.63) is 75.6 Å². The Morgan fingerprint density at radius 1 is 1.18 bits per heavy atom. The van der Waals surface area contributed by atoms with Crippen LogP contribution < -0.4 is 5.56 Å². The molecule has 4 rings (SSSR count). The highest BCUT2D eigenvalue weighted by Gasteiger charge is 2.17. The van der Waals surface area contributed by atoms with Crippen molar-refractivity contribution in [3.8, 4) is 0 Å². The van der Waals surface area contributed by atoms with Crippen LogP contribution in [0.15, 0.2) is 47.3 Å². The summed E-state index contributed by atoms with van der Waals surface area (Å²) in [7, 11) is 1.64. The third-order valence-electron chi connectivity index (χ3n) is 5.28. The maximum atomic E-state index is 13.9. The fourth-order valence-electron chi connectivity index (χ4n) is 3.73. The average molecular weight is 379 g/mol. The second kappa shape index (κ2) is 7.54. The van der Waals surface area contributed by atoms with Gasteiger partial charge < -0.3 is 4.90 Å². The first kappa shape index (κ1) is 18.3. The first-order valence-electron chi connectivity index (χ1n) is 9.57. The largest absolute Gasteiger partial charge is 0.337 e. The van der Waals surface area contributed by atoms with Gasteiger partial charge in [0, 0.05) is 37.7 Å². The number of nitrogens with zero attached hydrogens (tertiary/aromatic N) is 3. The zero-order chi connectivity index (χ0) is 19.7. The molecule has 3 aromatic rings. The molecule has 5 nitrogen and oxygen atoms in total. The maximum absolute atomic E-state index is 13.9. The molecule has 0 saturated carbocycles. The monoisotopic (exact) mass is 379 g/mol. The summed E-state index contributed by atoms with van der Waals surface area (Å²) in [5.74, 6) is 0.222. The Morgan fingerprint density at radius 3 is 2.82 bits per heavy atom. The van der Waals surface area contributed by atoms with Gasteiger partial charge in [-0.1, -0.05) is 24.6 Å². The molecule has 1 aliphatic heterocycles. The van der Waals surface area contributed by atoms with Gasteiger partial charge in [-0.15, -0.1) is 0 Å². The summed E-state index contributed by atoms with van der Waals surface area (Å²) in [4.78, 5) is 31.8. The van der Waals surface area contributed by atoms with Crippen molar-refractivity contribution in [2.75, 3.05) is 7.05 Å². The zero-order valence-corrected chi connectivity index (χ0v) is 15.8. The molecule has 6 heteroatoms. The number of aromatic nitrogens is 2. The van der Waals surface area contributed by atoms with Gasteiger partial charge in [-0.2, -0.15) is 0 Å². The Hall–Kier alpha value is -3.02. The van der Waals surface area contributed by atoms with Gasteiger partial charge >= 0.3 is 0 Å². The topological polar surface area (TPSA) is 55.2 Å². The van der Waals surface area contributed by atoms with Gasteiger partial charge in [0.05, 0.1) is 10.9 Å². The molecule has 0 spiro atoms. The lowest BCUT2D eigenvalue weighted by molar-refractivity contribution is 0.0784. The molecule has 1 aromatic heterocycles. The maximum Gasteiger partial charge on any atom is 0.261 e. The molecule has 0 bridgehead atoms. The quantitative estimate of drug-likeness (QED) is 0.700. The molecule has 144 valence electrons. The lowest BCUT2D eigenvalue weighted by atomic mass is 10.1. The SMILES string of the molecule is CN(Cc1ccccc1F)C(=O)c1ccc2c(=O)n3c(nc2c1)CCCCC3. The first-order chi connectivity index (χ1) is 13.5. The second-order valence-corrected chi connectivity index (χ2v) is 7.28. The Labute approximate surface area is 162 Å². The van der Waals surface area contributed by atoms with Crippen molar-refractivity contribution < 1.29 is 9.18 Å². The Bertz CT molecular complexity index is 1110. The van der Waals surface area contributed by atoms with Crippen molar-refractivity contribution in [2.24, 2.45) is 0 Å². The van der Waals surface area contributed by atoms with Crippen molar-refractivity contribution in [1.29, 1.82) is 0 Å². The number of rotatable bonds is 3. The summed E-state index contributed by atoms with van der Waals surface area (Å²) in [5, 5.41) is 0.527. The Kier molecular flexibility index (Phi) is 4.94. The fraction of sp³-hybridized carbons (Fsp3) is 0.318. The molecule has 0 saturated heterocycles. The predicted molar refractivity (Wildman–Crippen MR) is 106 cm³/mol. The summed E-state index contributed by atoms with van der Waals surface area (Å²) in [6.07, 6.45) is 3.86. The molecular weight excluding hydrogens is 357 g/mol. The van der Waals surface area contributed by atoms with E-state index in [0.717, 1.165) is 31.5 Å². The molecule has 28 heavy (non-hydrogen) atoms. The van der Waals surface area contributed by atoms with Crippen LogP contribution in [-0.2, 0) is 19.5 Å². The minimum atomic E-state index is -0.335. The highest BCUT2D eigenvalue weighted by Crippen LogP contribution is 2.18. The number of fused-ring (bicyclic) bond motifs is 2. The van der Waals surface area contributed by atoms with E-state index >= 15 is 0 Å². The molecule has 0 aliphatic carbocycles. The van der Waals surface area contributed by atoms with Crippen molar-refractivity contribution in [3.63, 3.8) is 0 Å². The minimum absolute atomic E-state index is 0.0411. The van der Waals surface area contributed by atoms with E-state index < -0.39 is 0 Å². The number of carbonyl (C=O) groups excluding carboxylic acids is 1. The normalized spacial score (nSPS) is 13.8. The van der Waals surface area contributed by atoms with Crippen molar-refractivity contribution in [2.45, 2.75) is 38.8 Å². The number of hydrogen-bond donors (Lipinski definition) is 0. The fourth-order valence-corrected chi connectivity index (χ4v) is 3.73. The van der Waals surface area contributed by atoms with Crippen LogP contribution in [0.25, 0.3) is 10.9 Å². The highest BCUT2D eigenvalue weighted by molar-refractivity contribution is 5.97. The Morgan fingerprint density at radius 2 is 2.00 bits per heavy atom. The van der Waals surface area contributed by atoms with Crippen LogP contribution in [0.1, 0.15) is 41.0 Å². The van der Waals surface area contributed by atoms with Crippen LogP contribution in [0.3, 0.4) is 0 Å². The second-order valence-electron chi connectivity index (χ2n) is 7.28. The van der Waals surface area contributed by atoms with E-state index in [4.69, 9.17) is 0 Å². The number of carbonyl (C=O) groups is 1. The number of benzene rings is 2. The molecule has 0 atom stereocenters. The van der Waals surface area contributed by atoms with E-state index in [2.05, 4.69) is 4.98 Å². The number of hydrogen-bond acceptors (Lipinski definition) is 3. The average Bonchev–Trinajstić information content (AvgIpc) is 2.94. The molecular formula is C22H22FN3O2. The Balaban J connectivity index is 1.66. The third-order valence-corrected chi connectivity index (χ3v) is 5.28. The van der Waals surface area contributed by atoms with E-state index in [1.165, 1.54) is 11.0 Å².